The molecule has 9 nitrogen and oxygen atoms in total. The van der Waals surface area contributed by atoms with Crippen LogP contribution >= 0.6 is 0 Å². The molecule has 43 heavy (non-hydrogen) atoms. The molecule has 224 valence electrons. The summed E-state index contributed by atoms with van der Waals surface area (Å²) in [7, 11) is 1.36. The quantitative estimate of drug-likeness (QED) is 0.254. The number of ether oxygens (including phenoxy) is 1. The molecule has 0 bridgehead atoms. The van der Waals surface area contributed by atoms with Crippen molar-refractivity contribution >= 4 is 34.5 Å². The number of benzene rings is 2. The maximum Gasteiger partial charge on any atom is 0.332 e. The number of esters is 1. The number of piperidine rings is 1. The summed E-state index contributed by atoms with van der Waals surface area (Å²) in [5.74, 6) is -0.625. The lowest BCUT2D eigenvalue weighted by Crippen LogP contribution is -2.63. The maximum absolute atomic E-state index is 13.6. The molecule has 1 aliphatic heterocycles. The largest absolute Gasteiger partial charge is 0.467 e. The van der Waals surface area contributed by atoms with E-state index < -0.39 is 11.5 Å². The molecule has 2 aromatic heterocycles. The minimum Gasteiger partial charge on any atom is -0.467 e. The van der Waals surface area contributed by atoms with Crippen molar-refractivity contribution in [2.75, 3.05) is 38.2 Å². The second kappa shape index (κ2) is 13.6. The third-order valence-corrected chi connectivity index (χ3v) is 8.43. The molecule has 2 amide bonds. The molecule has 9 heteroatoms. The van der Waals surface area contributed by atoms with Crippen molar-refractivity contribution < 1.29 is 19.1 Å². The third kappa shape index (κ3) is 6.46. The van der Waals surface area contributed by atoms with Gasteiger partial charge in [0.1, 0.15) is 11.4 Å². The summed E-state index contributed by atoms with van der Waals surface area (Å²) in [6, 6.07) is 23.3. The smallest absolute Gasteiger partial charge is 0.332 e. The summed E-state index contributed by atoms with van der Waals surface area (Å²) in [6.07, 6.45) is 5.31. The van der Waals surface area contributed by atoms with E-state index in [4.69, 9.17) is 4.74 Å². The monoisotopic (exact) mass is 581 g/mol. The fourth-order valence-electron chi connectivity index (χ4n) is 6.11. The third-order valence-electron chi connectivity index (χ3n) is 8.43. The zero-order chi connectivity index (χ0) is 30.2. The van der Waals surface area contributed by atoms with Crippen LogP contribution in [0.5, 0.6) is 0 Å². The van der Waals surface area contributed by atoms with E-state index in [9.17, 15) is 14.4 Å². The van der Waals surface area contributed by atoms with Crippen LogP contribution in [0.15, 0.2) is 85.2 Å². The van der Waals surface area contributed by atoms with Gasteiger partial charge >= 0.3 is 5.97 Å². The number of rotatable bonds is 11. The highest BCUT2D eigenvalue weighted by atomic mass is 16.5. The number of nitrogens with one attached hydrogen (secondary N) is 2. The van der Waals surface area contributed by atoms with Gasteiger partial charge in [-0.15, -0.1) is 0 Å². The van der Waals surface area contributed by atoms with Crippen molar-refractivity contribution in [3.8, 4) is 0 Å². The highest BCUT2D eigenvalue weighted by Gasteiger charge is 2.50. The molecule has 1 unspecified atom stereocenters. The summed E-state index contributed by atoms with van der Waals surface area (Å²) in [5.41, 5.74) is 2.02. The maximum atomic E-state index is 13.6. The number of aromatic nitrogens is 2. The number of para-hydroxylation sites is 1. The molecule has 1 aliphatic rings. The number of hydrogen-bond donors (Lipinski definition) is 2. The number of aromatic amines is 1. The predicted octanol–water partition coefficient (Wildman–Crippen LogP) is 4.46. The van der Waals surface area contributed by atoms with Gasteiger partial charge in [0.15, 0.2) is 0 Å². The van der Waals surface area contributed by atoms with Crippen LogP contribution in [0.1, 0.15) is 43.2 Å². The SMILES string of the molecule is CCC(=O)N(c1ccccn1)C1(C(=O)OC)CCN(CC(C(=O)NCCc2c[nH]c3ccccc23)c2ccccc2)CC1. The first-order valence-corrected chi connectivity index (χ1v) is 14.9. The highest BCUT2D eigenvalue weighted by molar-refractivity contribution is 6.01. The number of likely N-dealkylation sites (tertiary alicyclic amines) is 1. The van der Waals surface area contributed by atoms with E-state index in [0.29, 0.717) is 44.8 Å². The molecule has 5 rings (SSSR count). The van der Waals surface area contributed by atoms with Gasteiger partial charge in [-0.3, -0.25) is 14.5 Å². The van der Waals surface area contributed by atoms with Crippen LogP contribution < -0.4 is 10.2 Å². The van der Waals surface area contributed by atoms with Crippen LogP contribution in [0, 0.1) is 0 Å². The fraction of sp³-hybridized carbons (Fsp3) is 0.353. The summed E-state index contributed by atoms with van der Waals surface area (Å²) in [6.45, 7) is 3.82. The Balaban J connectivity index is 1.30. The minimum absolute atomic E-state index is 0.0351. The zero-order valence-corrected chi connectivity index (χ0v) is 24.8. The van der Waals surface area contributed by atoms with Gasteiger partial charge in [-0.2, -0.15) is 0 Å². The standard InChI is InChI=1S/C34H39N5O4/c1-3-31(40)39(30-15-9-10-19-35-30)34(33(42)43-2)17-21-38(22-18-34)24-28(25-11-5-4-6-12-25)32(41)36-20-16-26-23-37-29-14-8-7-13-27(26)29/h4-15,19,23,28,37H,3,16-18,20-22,24H2,1-2H3,(H,36,41). The number of methoxy groups -OCH3 is 1. The molecule has 2 N–H and O–H groups in total. The van der Waals surface area contributed by atoms with Crippen LogP contribution in [0.25, 0.3) is 10.9 Å². The van der Waals surface area contributed by atoms with Crippen LogP contribution in [-0.4, -0.2) is 71.5 Å². The Morgan fingerprint density at radius 2 is 1.74 bits per heavy atom. The van der Waals surface area contributed by atoms with E-state index >= 15 is 0 Å². The van der Waals surface area contributed by atoms with Crippen LogP contribution in [0.3, 0.4) is 0 Å². The number of hydrogen-bond acceptors (Lipinski definition) is 6. The van der Waals surface area contributed by atoms with Crippen molar-refractivity contribution in [1.29, 1.82) is 0 Å². The van der Waals surface area contributed by atoms with Gasteiger partial charge < -0.3 is 19.9 Å². The normalized spacial score (nSPS) is 15.5. The number of fused-ring (bicyclic) bond motifs is 1. The number of nitrogens with zero attached hydrogens (tertiary/aromatic N) is 3. The van der Waals surface area contributed by atoms with Crippen molar-refractivity contribution in [3.05, 3.63) is 96.3 Å². The number of amides is 2. The molecule has 2 aromatic carbocycles. The van der Waals surface area contributed by atoms with Gasteiger partial charge in [-0.1, -0.05) is 61.5 Å². The Morgan fingerprint density at radius 3 is 2.44 bits per heavy atom. The molecule has 3 heterocycles. The Bertz CT molecular complexity index is 1530. The molecule has 0 aliphatic carbocycles. The molecular formula is C34H39N5O4. The lowest BCUT2D eigenvalue weighted by molar-refractivity contribution is -0.151. The topological polar surface area (TPSA) is 108 Å². The first kappa shape index (κ1) is 30.0. The van der Waals surface area contributed by atoms with Gasteiger partial charge in [0.2, 0.25) is 11.8 Å². The summed E-state index contributed by atoms with van der Waals surface area (Å²) in [4.78, 5) is 51.7. The van der Waals surface area contributed by atoms with E-state index in [0.717, 1.165) is 17.5 Å². The van der Waals surface area contributed by atoms with Crippen molar-refractivity contribution in [2.45, 2.75) is 44.1 Å². The molecule has 1 saturated heterocycles. The molecule has 0 spiro atoms. The number of carbonyl (C=O) groups is 3. The average Bonchev–Trinajstić information content (AvgIpc) is 3.47. The number of anilines is 1. The lowest BCUT2D eigenvalue weighted by Gasteiger charge is -2.46. The first-order chi connectivity index (χ1) is 21.0. The minimum atomic E-state index is -1.17. The Kier molecular flexibility index (Phi) is 9.51. The van der Waals surface area contributed by atoms with Crippen molar-refractivity contribution in [2.24, 2.45) is 0 Å². The Labute approximate surface area is 252 Å². The van der Waals surface area contributed by atoms with E-state index in [-0.39, 0.29) is 24.2 Å². The molecule has 1 atom stereocenters. The highest BCUT2D eigenvalue weighted by Crippen LogP contribution is 2.35. The van der Waals surface area contributed by atoms with Crippen LogP contribution in [-0.2, 0) is 25.5 Å². The molecule has 0 saturated carbocycles. The molecular weight excluding hydrogens is 542 g/mol. The van der Waals surface area contributed by atoms with Gasteiger partial charge in [0.05, 0.1) is 13.0 Å². The van der Waals surface area contributed by atoms with Gasteiger partial charge in [0.25, 0.3) is 0 Å². The van der Waals surface area contributed by atoms with E-state index in [2.05, 4.69) is 26.3 Å². The zero-order valence-electron chi connectivity index (χ0n) is 24.8. The van der Waals surface area contributed by atoms with E-state index in [1.54, 1.807) is 31.3 Å². The number of pyridine rings is 1. The second-order valence-corrected chi connectivity index (χ2v) is 11.0. The van der Waals surface area contributed by atoms with E-state index in [1.807, 2.05) is 54.7 Å². The van der Waals surface area contributed by atoms with Gasteiger partial charge in [0, 0.05) is 55.9 Å². The van der Waals surface area contributed by atoms with E-state index in [1.165, 1.54) is 23.0 Å². The van der Waals surface area contributed by atoms with Crippen molar-refractivity contribution in [3.63, 3.8) is 0 Å². The number of carbonyl (C=O) groups excluding carboxylic acids is 3. The van der Waals surface area contributed by atoms with Crippen molar-refractivity contribution in [1.82, 2.24) is 20.2 Å². The lowest BCUT2D eigenvalue weighted by atomic mass is 9.84. The molecule has 4 aromatic rings. The summed E-state index contributed by atoms with van der Waals surface area (Å²) < 4.78 is 5.27. The predicted molar refractivity (Wildman–Crippen MR) is 167 cm³/mol. The fourth-order valence-corrected chi connectivity index (χ4v) is 6.11. The average molecular weight is 582 g/mol. The Hall–Kier alpha value is -4.50. The molecule has 0 radical (unpaired) electrons. The number of H-pyrrole nitrogens is 1. The summed E-state index contributed by atoms with van der Waals surface area (Å²) >= 11 is 0. The molecule has 1 fully saturated rings. The first-order valence-electron chi connectivity index (χ1n) is 14.9. The van der Waals surface area contributed by atoms with Crippen LogP contribution in [0.4, 0.5) is 5.82 Å². The van der Waals surface area contributed by atoms with Gasteiger partial charge in [-0.05, 0) is 48.6 Å². The second-order valence-electron chi connectivity index (χ2n) is 11.0. The van der Waals surface area contributed by atoms with Gasteiger partial charge in [-0.25, -0.2) is 9.78 Å². The Morgan fingerprint density at radius 1 is 1.02 bits per heavy atom. The van der Waals surface area contributed by atoms with Crippen LogP contribution in [0.2, 0.25) is 0 Å². The summed E-state index contributed by atoms with van der Waals surface area (Å²) in [5, 5.41) is 4.33.